The van der Waals surface area contributed by atoms with Gasteiger partial charge in [-0.2, -0.15) is 0 Å². The fourth-order valence-electron chi connectivity index (χ4n) is 3.92. The normalized spacial score (nSPS) is 38.2. The maximum Gasteiger partial charge on any atom is 0.303 e. The van der Waals surface area contributed by atoms with Crippen LogP contribution in [0.25, 0.3) is 0 Å². The van der Waals surface area contributed by atoms with Crippen LogP contribution in [-0.2, 0) is 9.53 Å². The van der Waals surface area contributed by atoms with Gasteiger partial charge in [0.05, 0.1) is 6.10 Å². The molecule has 0 aromatic carbocycles. The molecule has 0 heterocycles. The highest BCUT2D eigenvalue weighted by Gasteiger charge is 2.44. The van der Waals surface area contributed by atoms with Crippen molar-refractivity contribution in [2.75, 3.05) is 0 Å². The first-order valence-corrected chi connectivity index (χ1v) is 9.25. The van der Waals surface area contributed by atoms with Crippen LogP contribution < -0.4 is 0 Å². The van der Waals surface area contributed by atoms with Crippen LogP contribution in [0.5, 0.6) is 0 Å². The summed E-state index contributed by atoms with van der Waals surface area (Å²) in [5.74, 6) is -0.179. The van der Waals surface area contributed by atoms with Gasteiger partial charge in [-0.15, -0.1) is 0 Å². The molecule has 0 radical (unpaired) electrons. The van der Waals surface area contributed by atoms with E-state index in [1.54, 1.807) is 0 Å². The van der Waals surface area contributed by atoms with Crippen molar-refractivity contribution < 1.29 is 14.6 Å². The Kier molecular flexibility index (Phi) is 6.10. The minimum Gasteiger partial charge on any atom is -0.458 e. The molecule has 3 heteroatoms. The maximum absolute atomic E-state index is 11.6. The molecule has 0 saturated heterocycles. The van der Waals surface area contributed by atoms with Crippen molar-refractivity contribution in [2.45, 2.75) is 72.5 Å². The molecule has 0 amide bonds. The summed E-state index contributed by atoms with van der Waals surface area (Å²) in [7, 11) is 0. The van der Waals surface area contributed by atoms with E-state index in [-0.39, 0.29) is 23.4 Å². The smallest absolute Gasteiger partial charge is 0.303 e. The van der Waals surface area contributed by atoms with Crippen LogP contribution in [0.3, 0.4) is 0 Å². The van der Waals surface area contributed by atoms with E-state index >= 15 is 0 Å². The topological polar surface area (TPSA) is 46.5 Å². The van der Waals surface area contributed by atoms with Gasteiger partial charge in [0.2, 0.25) is 0 Å². The number of fused-ring (bicyclic) bond motifs is 2. The molecule has 2 bridgehead atoms. The average Bonchev–Trinajstić information content (AvgIpc) is 2.52. The molecule has 25 heavy (non-hydrogen) atoms. The zero-order valence-electron chi connectivity index (χ0n) is 16.3. The van der Waals surface area contributed by atoms with E-state index in [1.807, 2.05) is 12.2 Å². The van der Waals surface area contributed by atoms with Gasteiger partial charge in [-0.05, 0) is 62.2 Å². The number of esters is 1. The molecule has 0 aliphatic heterocycles. The molecule has 2 aliphatic rings. The van der Waals surface area contributed by atoms with E-state index in [9.17, 15) is 9.90 Å². The number of hydrogen-bond donors (Lipinski definition) is 1. The second-order valence-electron chi connectivity index (χ2n) is 7.93. The van der Waals surface area contributed by atoms with Gasteiger partial charge >= 0.3 is 5.97 Å². The summed E-state index contributed by atoms with van der Waals surface area (Å²) in [6.45, 7) is 14.3. The molecule has 0 unspecified atom stereocenters. The zero-order chi connectivity index (χ0) is 18.8. The molecule has 0 aromatic heterocycles. The van der Waals surface area contributed by atoms with E-state index in [0.717, 1.165) is 42.4 Å². The molecule has 1 N–H and O–H groups in total. The first kappa shape index (κ1) is 19.7. The quantitative estimate of drug-likeness (QED) is 0.544. The molecule has 138 valence electrons. The van der Waals surface area contributed by atoms with Gasteiger partial charge in [-0.25, -0.2) is 0 Å². The van der Waals surface area contributed by atoms with Gasteiger partial charge in [-0.1, -0.05) is 43.7 Å². The number of ether oxygens (including phenoxy) is 1. The molecule has 0 aromatic rings. The number of carbonyl (C=O) groups excluding carboxylic acids is 1. The van der Waals surface area contributed by atoms with E-state index in [0.29, 0.717) is 0 Å². The van der Waals surface area contributed by atoms with Crippen molar-refractivity contribution in [3.05, 3.63) is 47.1 Å². The molecule has 0 spiro atoms. The minimum absolute atomic E-state index is 0.112. The van der Waals surface area contributed by atoms with E-state index in [1.165, 1.54) is 12.5 Å². The minimum atomic E-state index is -0.707. The maximum atomic E-state index is 11.6. The van der Waals surface area contributed by atoms with E-state index < -0.39 is 6.10 Å². The highest BCUT2D eigenvalue weighted by Crippen LogP contribution is 2.49. The molecular weight excluding hydrogens is 312 g/mol. The molecule has 0 saturated carbocycles. The Labute approximate surface area is 152 Å². The predicted octanol–water partition coefficient (Wildman–Crippen LogP) is 4.88. The van der Waals surface area contributed by atoms with Gasteiger partial charge in [0.25, 0.3) is 0 Å². The lowest BCUT2D eigenvalue weighted by Crippen LogP contribution is -2.42. The van der Waals surface area contributed by atoms with Crippen LogP contribution in [0.2, 0.25) is 0 Å². The SMILES string of the molecule is C=C1C2=C[C@@H](OC(C)=O)[C@@H](C)[C@]1(C)CC/C(C)=C/CC/C(C)=C/[C@@H]2O. The molecule has 4 atom stereocenters. The fourth-order valence-corrected chi connectivity index (χ4v) is 3.92. The first-order chi connectivity index (χ1) is 11.6. The Morgan fingerprint density at radius 1 is 1.28 bits per heavy atom. The number of aliphatic hydroxyl groups excluding tert-OH is 1. The van der Waals surface area contributed by atoms with Crippen LogP contribution in [-0.4, -0.2) is 23.3 Å². The standard InChI is InChI=1S/C22H32O3/c1-14-8-7-9-15(2)12-20(24)19-13-21(25-18(5)23)17(4)22(6,11-10-14)16(19)3/h8,12-13,17,20-21,24H,3,7,9-11H2,1-2,4-6H3/b14-8+,15-12+/t17-,20+,21-,22-/m1/s1. The van der Waals surface area contributed by atoms with Crippen molar-refractivity contribution in [1.82, 2.24) is 0 Å². The Morgan fingerprint density at radius 2 is 1.96 bits per heavy atom. The molecular formula is C22H32O3. The summed E-state index contributed by atoms with van der Waals surface area (Å²) in [4.78, 5) is 11.6. The predicted molar refractivity (Wildman–Crippen MR) is 102 cm³/mol. The van der Waals surface area contributed by atoms with Crippen molar-refractivity contribution in [3.8, 4) is 0 Å². The summed E-state index contributed by atoms with van der Waals surface area (Å²) in [6, 6.07) is 0. The summed E-state index contributed by atoms with van der Waals surface area (Å²) in [6.07, 6.45) is 8.92. The molecule has 2 rings (SSSR count). The Balaban J connectivity index is 2.52. The third-order valence-electron chi connectivity index (χ3n) is 6.01. The van der Waals surface area contributed by atoms with Crippen LogP contribution in [0, 0.1) is 11.3 Å². The average molecular weight is 344 g/mol. The lowest BCUT2D eigenvalue weighted by atomic mass is 9.61. The van der Waals surface area contributed by atoms with Gasteiger partial charge in [0, 0.05) is 12.8 Å². The van der Waals surface area contributed by atoms with Crippen molar-refractivity contribution in [2.24, 2.45) is 11.3 Å². The van der Waals surface area contributed by atoms with Gasteiger partial charge in [0.1, 0.15) is 6.10 Å². The Morgan fingerprint density at radius 3 is 2.60 bits per heavy atom. The van der Waals surface area contributed by atoms with Crippen LogP contribution in [0.1, 0.15) is 60.3 Å². The highest BCUT2D eigenvalue weighted by atomic mass is 16.5. The lowest BCUT2D eigenvalue weighted by molar-refractivity contribution is -0.148. The van der Waals surface area contributed by atoms with Crippen molar-refractivity contribution >= 4 is 5.97 Å². The summed E-state index contributed by atoms with van der Waals surface area (Å²) in [5.41, 5.74) is 4.09. The van der Waals surface area contributed by atoms with Crippen LogP contribution >= 0.6 is 0 Å². The van der Waals surface area contributed by atoms with Crippen molar-refractivity contribution in [3.63, 3.8) is 0 Å². The molecule has 3 nitrogen and oxygen atoms in total. The number of hydrogen-bond acceptors (Lipinski definition) is 3. The first-order valence-electron chi connectivity index (χ1n) is 9.25. The van der Waals surface area contributed by atoms with Gasteiger partial charge < -0.3 is 9.84 Å². The van der Waals surface area contributed by atoms with Crippen LogP contribution in [0.4, 0.5) is 0 Å². The lowest BCUT2D eigenvalue weighted by Gasteiger charge is -2.46. The fraction of sp³-hybridized carbons (Fsp3) is 0.591. The van der Waals surface area contributed by atoms with Crippen molar-refractivity contribution in [1.29, 1.82) is 0 Å². The van der Waals surface area contributed by atoms with Gasteiger partial charge in [-0.3, -0.25) is 4.79 Å². The zero-order valence-corrected chi connectivity index (χ0v) is 16.3. The second kappa shape index (κ2) is 7.74. The monoisotopic (exact) mass is 344 g/mol. The molecule has 2 aliphatic carbocycles. The number of aliphatic hydroxyl groups is 1. The largest absolute Gasteiger partial charge is 0.458 e. The van der Waals surface area contributed by atoms with Crippen LogP contribution in [0.15, 0.2) is 47.1 Å². The number of rotatable bonds is 1. The Bertz CT molecular complexity index is 638. The number of carbonyl (C=O) groups is 1. The van der Waals surface area contributed by atoms with Gasteiger partial charge in [0.15, 0.2) is 0 Å². The third kappa shape index (κ3) is 4.33. The summed E-state index contributed by atoms with van der Waals surface area (Å²) >= 11 is 0. The third-order valence-corrected chi connectivity index (χ3v) is 6.01. The highest BCUT2D eigenvalue weighted by molar-refractivity contribution is 5.66. The number of allylic oxidation sites excluding steroid dienone is 3. The summed E-state index contributed by atoms with van der Waals surface area (Å²) in [5, 5.41) is 10.8. The second-order valence-corrected chi connectivity index (χ2v) is 7.93. The van der Waals surface area contributed by atoms with E-state index in [2.05, 4.69) is 40.3 Å². The summed E-state index contributed by atoms with van der Waals surface area (Å²) < 4.78 is 5.58. The molecule has 0 fully saturated rings. The Hall–Kier alpha value is -1.61. The van der Waals surface area contributed by atoms with E-state index in [4.69, 9.17) is 4.74 Å².